The van der Waals surface area contributed by atoms with E-state index in [9.17, 15) is 13.2 Å². The number of likely N-dealkylation sites (N-methyl/N-ethyl adjacent to an activating group) is 1. The highest BCUT2D eigenvalue weighted by molar-refractivity contribution is 7.89. The van der Waals surface area contributed by atoms with Crippen LogP contribution in [-0.2, 0) is 14.8 Å². The monoisotopic (exact) mass is 438 g/mol. The molecule has 0 bridgehead atoms. The molecule has 0 atom stereocenters. The van der Waals surface area contributed by atoms with Crippen LogP contribution in [0.3, 0.4) is 0 Å². The van der Waals surface area contributed by atoms with Crippen LogP contribution in [0.2, 0.25) is 0 Å². The second-order valence-corrected chi connectivity index (χ2v) is 9.97. The molecule has 1 aliphatic rings. The van der Waals surface area contributed by atoms with Crippen molar-refractivity contribution in [3.63, 3.8) is 0 Å². The van der Waals surface area contributed by atoms with Gasteiger partial charge in [0.15, 0.2) is 0 Å². The van der Waals surface area contributed by atoms with E-state index in [1.807, 2.05) is 17.0 Å². The highest BCUT2D eigenvalue weighted by Gasteiger charge is 2.26. The summed E-state index contributed by atoms with van der Waals surface area (Å²) in [5.74, 6) is 0.367. The van der Waals surface area contributed by atoms with Crippen molar-refractivity contribution >= 4 is 15.9 Å². The van der Waals surface area contributed by atoms with Crippen molar-refractivity contribution in [3.05, 3.63) is 29.8 Å². The van der Waals surface area contributed by atoms with E-state index >= 15 is 0 Å². The maximum atomic E-state index is 13.4. The normalized spacial score (nSPS) is 15.4. The fourth-order valence-electron chi connectivity index (χ4n) is 3.61. The van der Waals surface area contributed by atoms with Crippen molar-refractivity contribution < 1.29 is 13.2 Å². The number of carbonyl (C=O) groups excluding carboxylic acids is 1. The molecule has 2 rings (SSSR count). The van der Waals surface area contributed by atoms with Gasteiger partial charge in [-0.2, -0.15) is 4.31 Å². The van der Waals surface area contributed by atoms with Gasteiger partial charge in [0.1, 0.15) is 0 Å². The molecule has 7 nitrogen and oxygen atoms in total. The van der Waals surface area contributed by atoms with Gasteiger partial charge in [-0.1, -0.05) is 39.8 Å². The Morgan fingerprint density at radius 3 is 2.17 bits per heavy atom. The van der Waals surface area contributed by atoms with E-state index in [2.05, 4.69) is 37.9 Å². The Balaban J connectivity index is 2.14. The van der Waals surface area contributed by atoms with E-state index in [0.717, 1.165) is 31.7 Å². The largest absolute Gasteiger partial charge is 0.340 e. The van der Waals surface area contributed by atoms with Crippen LogP contribution < -0.4 is 5.32 Å². The quantitative estimate of drug-likeness (QED) is 0.572. The lowest BCUT2D eigenvalue weighted by atomic mass is 10.0. The third kappa shape index (κ3) is 6.77. The van der Waals surface area contributed by atoms with E-state index in [1.165, 1.54) is 4.31 Å². The molecule has 1 fully saturated rings. The van der Waals surface area contributed by atoms with Gasteiger partial charge < -0.3 is 15.1 Å². The topological polar surface area (TPSA) is 73.0 Å². The van der Waals surface area contributed by atoms with Gasteiger partial charge in [-0.25, -0.2) is 8.42 Å². The first-order valence-corrected chi connectivity index (χ1v) is 12.5. The number of amides is 1. The Morgan fingerprint density at radius 1 is 1.03 bits per heavy atom. The van der Waals surface area contributed by atoms with Crippen molar-refractivity contribution in [2.45, 2.75) is 44.9 Å². The van der Waals surface area contributed by atoms with E-state index in [0.29, 0.717) is 37.0 Å². The number of nitrogens with zero attached hydrogens (tertiary/aromatic N) is 3. The predicted molar refractivity (Wildman–Crippen MR) is 121 cm³/mol. The molecule has 1 aromatic rings. The minimum absolute atomic E-state index is 0.0229. The standard InChI is InChI=1S/C22H38N4O3S/c1-5-24(6-2)17-18-26(14-11-22(27)25-15-12-23-13-16-25)30(28,29)21-9-7-20(8-10-21)19(3)4/h7-10,19,23H,5-6,11-18H2,1-4H3. The van der Waals surface area contributed by atoms with Crippen molar-refractivity contribution in [3.8, 4) is 0 Å². The van der Waals surface area contributed by atoms with Gasteiger partial charge in [-0.05, 0) is 36.7 Å². The predicted octanol–water partition coefficient (Wildman–Crippen LogP) is 1.96. The summed E-state index contributed by atoms with van der Waals surface area (Å²) in [7, 11) is -3.66. The molecule has 0 unspecified atom stereocenters. The van der Waals surface area contributed by atoms with Crippen molar-refractivity contribution in [1.29, 1.82) is 0 Å². The zero-order chi connectivity index (χ0) is 22.1. The molecule has 0 spiro atoms. The van der Waals surface area contributed by atoms with E-state index in [1.54, 1.807) is 12.1 Å². The molecule has 0 aromatic heterocycles. The maximum absolute atomic E-state index is 13.4. The third-order valence-electron chi connectivity index (χ3n) is 5.79. The SMILES string of the molecule is CCN(CC)CCN(CCC(=O)N1CCNCC1)S(=O)(=O)c1ccc(C(C)C)cc1. The first-order valence-electron chi connectivity index (χ1n) is 11.1. The number of carbonyl (C=O) groups is 1. The average molecular weight is 439 g/mol. The molecule has 1 saturated heterocycles. The average Bonchev–Trinajstić information content (AvgIpc) is 2.76. The highest BCUT2D eigenvalue weighted by atomic mass is 32.2. The lowest BCUT2D eigenvalue weighted by Crippen LogP contribution is -2.47. The minimum Gasteiger partial charge on any atom is -0.340 e. The van der Waals surface area contributed by atoms with Gasteiger partial charge in [0, 0.05) is 52.2 Å². The van der Waals surface area contributed by atoms with Crippen molar-refractivity contribution in [1.82, 2.24) is 19.4 Å². The molecule has 30 heavy (non-hydrogen) atoms. The highest BCUT2D eigenvalue weighted by Crippen LogP contribution is 2.20. The number of piperazine rings is 1. The minimum atomic E-state index is -3.66. The molecule has 1 amide bonds. The second-order valence-electron chi connectivity index (χ2n) is 8.04. The van der Waals surface area contributed by atoms with Crippen LogP contribution in [0.1, 0.15) is 45.6 Å². The Labute approximate surface area is 182 Å². The Hall–Kier alpha value is -1.48. The van der Waals surface area contributed by atoms with Gasteiger partial charge in [-0.15, -0.1) is 0 Å². The van der Waals surface area contributed by atoms with Crippen LogP contribution in [0.5, 0.6) is 0 Å². The molecule has 0 saturated carbocycles. The van der Waals surface area contributed by atoms with Crippen LogP contribution in [0.15, 0.2) is 29.2 Å². The summed E-state index contributed by atoms with van der Waals surface area (Å²) in [4.78, 5) is 16.9. The van der Waals surface area contributed by atoms with Crippen LogP contribution >= 0.6 is 0 Å². The van der Waals surface area contributed by atoms with Gasteiger partial charge >= 0.3 is 0 Å². The molecule has 1 aliphatic heterocycles. The number of hydrogen-bond acceptors (Lipinski definition) is 5. The Morgan fingerprint density at radius 2 is 1.63 bits per heavy atom. The number of nitrogens with one attached hydrogen (secondary N) is 1. The molecular formula is C22H38N4O3S. The number of rotatable bonds is 11. The van der Waals surface area contributed by atoms with E-state index in [4.69, 9.17) is 0 Å². The molecule has 0 aliphatic carbocycles. The third-order valence-corrected chi connectivity index (χ3v) is 7.70. The first kappa shape index (κ1) is 24.8. The zero-order valence-electron chi connectivity index (χ0n) is 18.9. The number of hydrogen-bond donors (Lipinski definition) is 1. The lowest BCUT2D eigenvalue weighted by molar-refractivity contribution is -0.131. The maximum Gasteiger partial charge on any atom is 0.243 e. The summed E-state index contributed by atoms with van der Waals surface area (Å²) in [5, 5.41) is 3.23. The van der Waals surface area contributed by atoms with Gasteiger partial charge in [0.2, 0.25) is 15.9 Å². The molecule has 0 radical (unpaired) electrons. The molecule has 1 N–H and O–H groups in total. The number of sulfonamides is 1. The summed E-state index contributed by atoms with van der Waals surface area (Å²) >= 11 is 0. The van der Waals surface area contributed by atoms with Crippen molar-refractivity contribution in [2.24, 2.45) is 0 Å². The summed E-state index contributed by atoms with van der Waals surface area (Å²) in [5.41, 5.74) is 1.11. The Bertz CT molecular complexity index is 755. The van der Waals surface area contributed by atoms with Gasteiger partial charge in [-0.3, -0.25) is 4.79 Å². The van der Waals surface area contributed by atoms with Crippen LogP contribution in [0.25, 0.3) is 0 Å². The van der Waals surface area contributed by atoms with Crippen LogP contribution in [0.4, 0.5) is 0 Å². The molecule has 8 heteroatoms. The van der Waals surface area contributed by atoms with E-state index < -0.39 is 10.0 Å². The summed E-state index contributed by atoms with van der Waals surface area (Å²) in [6, 6.07) is 7.14. The van der Waals surface area contributed by atoms with E-state index in [-0.39, 0.29) is 18.9 Å². The molecular weight excluding hydrogens is 400 g/mol. The molecule has 1 aromatic carbocycles. The van der Waals surface area contributed by atoms with Crippen molar-refractivity contribution in [2.75, 3.05) is 58.9 Å². The molecule has 170 valence electrons. The summed E-state index contributed by atoms with van der Waals surface area (Å²) in [6.45, 7) is 14.2. The summed E-state index contributed by atoms with van der Waals surface area (Å²) in [6.07, 6.45) is 0.210. The fraction of sp³-hybridized carbons (Fsp3) is 0.682. The summed E-state index contributed by atoms with van der Waals surface area (Å²) < 4.78 is 28.2. The lowest BCUT2D eigenvalue weighted by Gasteiger charge is -2.29. The fourth-order valence-corrected chi connectivity index (χ4v) is 5.04. The smallest absolute Gasteiger partial charge is 0.243 e. The van der Waals surface area contributed by atoms with Gasteiger partial charge in [0.25, 0.3) is 0 Å². The molecule has 1 heterocycles. The van der Waals surface area contributed by atoms with Crippen LogP contribution in [-0.4, -0.2) is 87.3 Å². The van der Waals surface area contributed by atoms with Crippen LogP contribution in [0, 0.1) is 0 Å². The first-order chi connectivity index (χ1) is 14.3. The van der Waals surface area contributed by atoms with Gasteiger partial charge in [0.05, 0.1) is 4.90 Å². The Kier molecular flexibility index (Phi) is 9.74. The zero-order valence-corrected chi connectivity index (χ0v) is 19.7. The second kappa shape index (κ2) is 11.8. The number of benzene rings is 1.